The summed E-state index contributed by atoms with van der Waals surface area (Å²) in [5.41, 5.74) is 1.91. The number of nitrogens with zero attached hydrogens (tertiary/aromatic N) is 1. The molecule has 1 aliphatic carbocycles. The summed E-state index contributed by atoms with van der Waals surface area (Å²) in [6.07, 6.45) is 0.760. The first kappa shape index (κ1) is 8.92. The molecule has 0 aromatic heterocycles. The summed E-state index contributed by atoms with van der Waals surface area (Å²) in [6.45, 7) is 0.749. The van der Waals surface area contributed by atoms with Gasteiger partial charge in [0.25, 0.3) is 0 Å². The highest BCUT2D eigenvalue weighted by Crippen LogP contribution is 2.59. The molecule has 0 radical (unpaired) electrons. The fourth-order valence-corrected chi connectivity index (χ4v) is 2.86. The molecule has 2 unspecified atom stereocenters. The maximum atomic E-state index is 11.3. The van der Waals surface area contributed by atoms with Gasteiger partial charge in [0.05, 0.1) is 0 Å². The maximum absolute atomic E-state index is 11.3. The van der Waals surface area contributed by atoms with E-state index < -0.39 is 11.5 Å². The molecule has 1 N–H and O–H groups in total. The van der Waals surface area contributed by atoms with E-state index in [1.165, 1.54) is 11.1 Å². The molecule has 3 heteroatoms. The van der Waals surface area contributed by atoms with Crippen LogP contribution in [-0.2, 0) is 11.3 Å². The number of likely N-dealkylation sites (N-methyl/N-ethyl adjacent to an activating group) is 1. The molecule has 3 rings (SSSR count). The highest BCUT2D eigenvalue weighted by atomic mass is 16.4. The van der Waals surface area contributed by atoms with E-state index in [-0.39, 0.29) is 5.92 Å². The third kappa shape index (κ3) is 0.960. The molecule has 0 bridgehead atoms. The van der Waals surface area contributed by atoms with Crippen LogP contribution < -0.4 is 0 Å². The van der Waals surface area contributed by atoms with Gasteiger partial charge >= 0.3 is 5.97 Å². The second-order valence-electron chi connectivity index (χ2n) is 4.54. The van der Waals surface area contributed by atoms with Crippen molar-refractivity contribution in [1.29, 1.82) is 0 Å². The van der Waals surface area contributed by atoms with Gasteiger partial charge in [-0.2, -0.15) is 0 Å². The highest BCUT2D eigenvalue weighted by molar-refractivity contribution is 5.86. The molecule has 0 spiro atoms. The summed E-state index contributed by atoms with van der Waals surface area (Å²) in [7, 11) is 1.91. The van der Waals surface area contributed by atoms with E-state index in [1.54, 1.807) is 0 Å². The molecular formula is C12H13NO2. The van der Waals surface area contributed by atoms with E-state index >= 15 is 0 Å². The standard InChI is InChI=1S/C12H13NO2/c1-13-7-8-4-2-3-5-9(8)10-6-12(10,13)11(14)15/h2-5,10H,6-7H2,1H3,(H,14,15). The van der Waals surface area contributed by atoms with Crippen LogP contribution in [0.25, 0.3) is 0 Å². The van der Waals surface area contributed by atoms with Gasteiger partial charge in [0.2, 0.25) is 0 Å². The van der Waals surface area contributed by atoms with Crippen molar-refractivity contribution in [3.8, 4) is 0 Å². The average Bonchev–Trinajstić information content (AvgIpc) is 2.95. The van der Waals surface area contributed by atoms with E-state index in [1.807, 2.05) is 24.1 Å². The largest absolute Gasteiger partial charge is 0.480 e. The number of rotatable bonds is 1. The van der Waals surface area contributed by atoms with Gasteiger partial charge in [0.1, 0.15) is 5.54 Å². The summed E-state index contributed by atoms with van der Waals surface area (Å²) in [6, 6.07) is 8.17. The number of fused-ring (bicyclic) bond motifs is 3. The Kier molecular flexibility index (Phi) is 1.55. The van der Waals surface area contributed by atoms with Crippen molar-refractivity contribution < 1.29 is 9.90 Å². The van der Waals surface area contributed by atoms with Crippen molar-refractivity contribution in [3.63, 3.8) is 0 Å². The van der Waals surface area contributed by atoms with Crippen molar-refractivity contribution >= 4 is 5.97 Å². The van der Waals surface area contributed by atoms with Crippen LogP contribution in [0.3, 0.4) is 0 Å². The third-order valence-corrected chi connectivity index (χ3v) is 3.82. The van der Waals surface area contributed by atoms with Crippen LogP contribution in [-0.4, -0.2) is 28.6 Å². The SMILES string of the molecule is CN1Cc2ccccc2C2CC21C(=O)O. The topological polar surface area (TPSA) is 40.5 Å². The summed E-state index contributed by atoms with van der Waals surface area (Å²) < 4.78 is 0. The van der Waals surface area contributed by atoms with Crippen molar-refractivity contribution in [2.24, 2.45) is 0 Å². The van der Waals surface area contributed by atoms with Crippen LogP contribution in [0.5, 0.6) is 0 Å². The third-order valence-electron chi connectivity index (χ3n) is 3.82. The minimum Gasteiger partial charge on any atom is -0.480 e. The Morgan fingerprint density at radius 1 is 1.53 bits per heavy atom. The zero-order valence-corrected chi connectivity index (χ0v) is 8.60. The monoisotopic (exact) mass is 203 g/mol. The number of carbonyl (C=O) groups is 1. The number of carboxylic acid groups (broad SMARTS) is 1. The Hall–Kier alpha value is -1.35. The first-order valence-corrected chi connectivity index (χ1v) is 5.18. The van der Waals surface area contributed by atoms with E-state index in [9.17, 15) is 9.90 Å². The van der Waals surface area contributed by atoms with Gasteiger partial charge in [-0.05, 0) is 24.6 Å². The molecule has 2 atom stereocenters. The van der Waals surface area contributed by atoms with E-state index in [0.717, 1.165) is 13.0 Å². The first-order chi connectivity index (χ1) is 7.16. The van der Waals surface area contributed by atoms with Crippen molar-refractivity contribution in [1.82, 2.24) is 4.90 Å². The second kappa shape index (κ2) is 2.61. The Balaban J connectivity index is 2.10. The summed E-state index contributed by atoms with van der Waals surface area (Å²) in [5, 5.41) is 9.29. The molecule has 1 aromatic rings. The summed E-state index contributed by atoms with van der Waals surface area (Å²) in [4.78, 5) is 13.3. The lowest BCUT2D eigenvalue weighted by Gasteiger charge is -2.31. The first-order valence-electron chi connectivity index (χ1n) is 5.18. The molecule has 0 saturated heterocycles. The van der Waals surface area contributed by atoms with Gasteiger partial charge in [-0.15, -0.1) is 0 Å². The van der Waals surface area contributed by atoms with Crippen molar-refractivity contribution in [2.45, 2.75) is 24.4 Å². The fraction of sp³-hybridized carbons (Fsp3) is 0.417. The Bertz CT molecular complexity index is 443. The van der Waals surface area contributed by atoms with Crippen LogP contribution in [0.4, 0.5) is 0 Å². The zero-order chi connectivity index (χ0) is 10.6. The lowest BCUT2D eigenvalue weighted by atomic mass is 9.95. The summed E-state index contributed by atoms with van der Waals surface area (Å²) in [5.74, 6) is -0.477. The van der Waals surface area contributed by atoms with Crippen molar-refractivity contribution in [3.05, 3.63) is 35.4 Å². The van der Waals surface area contributed by atoms with Gasteiger partial charge < -0.3 is 5.11 Å². The van der Waals surface area contributed by atoms with Gasteiger partial charge in [-0.1, -0.05) is 24.3 Å². The normalized spacial score (nSPS) is 33.0. The van der Waals surface area contributed by atoms with Crippen LogP contribution in [0.1, 0.15) is 23.5 Å². The Labute approximate surface area is 88.3 Å². The number of hydrogen-bond acceptors (Lipinski definition) is 2. The number of hydrogen-bond donors (Lipinski definition) is 1. The van der Waals surface area contributed by atoms with E-state index in [2.05, 4.69) is 12.1 Å². The van der Waals surface area contributed by atoms with E-state index in [0.29, 0.717) is 0 Å². The second-order valence-corrected chi connectivity index (χ2v) is 4.54. The molecule has 15 heavy (non-hydrogen) atoms. The fourth-order valence-electron chi connectivity index (χ4n) is 2.86. The minimum atomic E-state index is -0.676. The molecule has 78 valence electrons. The highest BCUT2D eigenvalue weighted by Gasteiger charge is 2.65. The smallest absolute Gasteiger partial charge is 0.324 e. The van der Waals surface area contributed by atoms with Gasteiger partial charge in [-0.25, -0.2) is 0 Å². The molecule has 1 saturated carbocycles. The molecule has 1 aromatic carbocycles. The van der Waals surface area contributed by atoms with Crippen LogP contribution in [0, 0.1) is 0 Å². The quantitative estimate of drug-likeness (QED) is 0.750. The van der Waals surface area contributed by atoms with Crippen molar-refractivity contribution in [2.75, 3.05) is 7.05 Å². The minimum absolute atomic E-state index is 0.199. The van der Waals surface area contributed by atoms with E-state index in [4.69, 9.17) is 0 Å². The predicted molar refractivity (Wildman–Crippen MR) is 55.6 cm³/mol. The van der Waals surface area contributed by atoms with Gasteiger partial charge in [-0.3, -0.25) is 9.69 Å². The lowest BCUT2D eigenvalue weighted by molar-refractivity contribution is -0.145. The zero-order valence-electron chi connectivity index (χ0n) is 8.60. The Morgan fingerprint density at radius 2 is 2.27 bits per heavy atom. The number of carboxylic acids is 1. The number of aliphatic carboxylic acids is 1. The Morgan fingerprint density at radius 3 is 3.00 bits per heavy atom. The van der Waals surface area contributed by atoms with Crippen LogP contribution in [0.15, 0.2) is 24.3 Å². The molecule has 0 amide bonds. The molecule has 1 fully saturated rings. The molecular weight excluding hydrogens is 190 g/mol. The molecule has 2 aliphatic rings. The maximum Gasteiger partial charge on any atom is 0.324 e. The van der Waals surface area contributed by atoms with Crippen LogP contribution >= 0.6 is 0 Å². The average molecular weight is 203 g/mol. The molecule has 1 aliphatic heterocycles. The lowest BCUT2D eigenvalue weighted by Crippen LogP contribution is -2.44. The summed E-state index contributed by atoms with van der Waals surface area (Å²) >= 11 is 0. The van der Waals surface area contributed by atoms with Gasteiger partial charge in [0.15, 0.2) is 0 Å². The number of benzene rings is 1. The van der Waals surface area contributed by atoms with Crippen LogP contribution in [0.2, 0.25) is 0 Å². The molecule has 3 nitrogen and oxygen atoms in total. The van der Waals surface area contributed by atoms with Gasteiger partial charge in [0, 0.05) is 12.5 Å². The predicted octanol–water partition coefficient (Wildman–Crippen LogP) is 1.44. The molecule has 1 heterocycles.